The molecular formula is C23H26N4O3. The number of nitrogens with one attached hydrogen (secondary N) is 1. The van der Waals surface area contributed by atoms with E-state index in [-0.39, 0.29) is 24.0 Å². The SMILES string of the molecule is CCC(=O)O[C@H]1CC[C@@H](N(C)C(=O)c2ccc(-c3ccc4[nH]ccc4c3C)nn2)C1. The summed E-state index contributed by atoms with van der Waals surface area (Å²) < 4.78 is 5.42. The highest BCUT2D eigenvalue weighted by Gasteiger charge is 2.32. The summed E-state index contributed by atoms with van der Waals surface area (Å²) in [4.78, 5) is 29.3. The van der Waals surface area contributed by atoms with Gasteiger partial charge in [0.15, 0.2) is 5.69 Å². The number of carbonyl (C=O) groups excluding carboxylic acids is 2. The van der Waals surface area contributed by atoms with E-state index in [1.54, 1.807) is 24.9 Å². The average Bonchev–Trinajstić information content (AvgIpc) is 3.43. The summed E-state index contributed by atoms with van der Waals surface area (Å²) in [5, 5.41) is 9.67. The van der Waals surface area contributed by atoms with Crippen LogP contribution in [-0.4, -0.2) is 51.2 Å². The first-order valence-corrected chi connectivity index (χ1v) is 10.4. The number of nitrogens with zero attached hydrogens (tertiary/aromatic N) is 3. The van der Waals surface area contributed by atoms with E-state index in [1.165, 1.54) is 0 Å². The summed E-state index contributed by atoms with van der Waals surface area (Å²) in [6.07, 6.45) is 4.42. The number of hydrogen-bond donors (Lipinski definition) is 1. The van der Waals surface area contributed by atoms with Gasteiger partial charge in [-0.05, 0) is 49.6 Å². The number of aryl methyl sites for hydroxylation is 1. The van der Waals surface area contributed by atoms with Gasteiger partial charge in [-0.2, -0.15) is 0 Å². The molecule has 0 radical (unpaired) electrons. The second kappa shape index (κ2) is 8.26. The minimum Gasteiger partial charge on any atom is -0.462 e. The van der Waals surface area contributed by atoms with E-state index in [1.807, 2.05) is 30.5 Å². The fourth-order valence-corrected chi connectivity index (χ4v) is 4.14. The van der Waals surface area contributed by atoms with Crippen molar-refractivity contribution < 1.29 is 14.3 Å². The minimum atomic E-state index is -0.191. The maximum absolute atomic E-state index is 12.9. The van der Waals surface area contributed by atoms with Gasteiger partial charge in [0.25, 0.3) is 5.91 Å². The third-order valence-corrected chi connectivity index (χ3v) is 5.97. The molecule has 7 heteroatoms. The summed E-state index contributed by atoms with van der Waals surface area (Å²) in [6.45, 7) is 3.84. The number of aromatic amines is 1. The smallest absolute Gasteiger partial charge is 0.305 e. The number of carbonyl (C=O) groups is 2. The van der Waals surface area contributed by atoms with Crippen LogP contribution in [0.3, 0.4) is 0 Å². The van der Waals surface area contributed by atoms with Crippen LogP contribution in [0.2, 0.25) is 0 Å². The van der Waals surface area contributed by atoms with Gasteiger partial charge in [0.2, 0.25) is 0 Å². The Bertz CT molecular complexity index is 1070. The Hall–Kier alpha value is -3.22. The standard InChI is InChI=1S/C23H26N4O3/c1-4-22(28)30-16-6-5-15(13-16)27(3)23(29)21-10-9-20(25-26-21)17-7-8-19-18(14(17)2)11-12-24-19/h7-12,15-16,24H,4-6,13H2,1-3H3/t15-,16+/m1/s1. The van der Waals surface area contributed by atoms with E-state index in [0.717, 1.165) is 40.6 Å². The number of amides is 1. The van der Waals surface area contributed by atoms with Gasteiger partial charge >= 0.3 is 5.97 Å². The van der Waals surface area contributed by atoms with Gasteiger partial charge < -0.3 is 14.6 Å². The van der Waals surface area contributed by atoms with Gasteiger partial charge in [-0.1, -0.05) is 13.0 Å². The van der Waals surface area contributed by atoms with E-state index in [9.17, 15) is 9.59 Å². The molecule has 0 bridgehead atoms. The zero-order chi connectivity index (χ0) is 21.3. The average molecular weight is 406 g/mol. The molecule has 0 spiro atoms. The summed E-state index contributed by atoms with van der Waals surface area (Å²) in [5.41, 5.74) is 4.26. The van der Waals surface area contributed by atoms with Gasteiger partial charge in [-0.15, -0.1) is 10.2 Å². The maximum atomic E-state index is 12.9. The number of hydrogen-bond acceptors (Lipinski definition) is 5. The molecule has 30 heavy (non-hydrogen) atoms. The molecule has 7 nitrogen and oxygen atoms in total. The van der Waals surface area contributed by atoms with Crippen molar-refractivity contribution in [1.29, 1.82) is 0 Å². The first-order chi connectivity index (χ1) is 14.5. The van der Waals surface area contributed by atoms with E-state index < -0.39 is 0 Å². The quantitative estimate of drug-likeness (QED) is 0.650. The van der Waals surface area contributed by atoms with Crippen molar-refractivity contribution in [2.75, 3.05) is 7.05 Å². The molecule has 0 saturated heterocycles. The molecule has 2 atom stereocenters. The van der Waals surface area contributed by atoms with Crippen molar-refractivity contribution in [2.45, 2.75) is 51.7 Å². The minimum absolute atomic E-state index is 0.0341. The number of aromatic nitrogens is 3. The van der Waals surface area contributed by atoms with Crippen LogP contribution in [0.4, 0.5) is 0 Å². The van der Waals surface area contributed by atoms with Gasteiger partial charge in [-0.25, -0.2) is 0 Å². The predicted molar refractivity (Wildman–Crippen MR) is 114 cm³/mol. The number of fused-ring (bicyclic) bond motifs is 1. The molecule has 1 saturated carbocycles. The van der Waals surface area contributed by atoms with Crippen molar-refractivity contribution >= 4 is 22.8 Å². The zero-order valence-corrected chi connectivity index (χ0v) is 17.5. The molecule has 1 N–H and O–H groups in total. The first-order valence-electron chi connectivity index (χ1n) is 10.4. The van der Waals surface area contributed by atoms with Crippen molar-refractivity contribution in [2.24, 2.45) is 0 Å². The van der Waals surface area contributed by atoms with E-state index in [0.29, 0.717) is 18.5 Å². The number of esters is 1. The summed E-state index contributed by atoms with van der Waals surface area (Å²) >= 11 is 0. The molecule has 4 rings (SSSR count). The highest BCUT2D eigenvalue weighted by atomic mass is 16.5. The maximum Gasteiger partial charge on any atom is 0.305 e. The Labute approximate surface area is 175 Å². The number of rotatable bonds is 5. The second-order valence-electron chi connectivity index (χ2n) is 7.83. The Morgan fingerprint density at radius 1 is 1.17 bits per heavy atom. The molecule has 1 fully saturated rings. The first kappa shape index (κ1) is 20.1. The Balaban J connectivity index is 1.46. The summed E-state index contributed by atoms with van der Waals surface area (Å²) in [5.74, 6) is -0.358. The van der Waals surface area contributed by atoms with Gasteiger partial charge in [-0.3, -0.25) is 9.59 Å². The molecule has 0 unspecified atom stereocenters. The highest BCUT2D eigenvalue weighted by Crippen LogP contribution is 2.29. The third-order valence-electron chi connectivity index (χ3n) is 5.97. The van der Waals surface area contributed by atoms with Crippen molar-refractivity contribution in [3.8, 4) is 11.3 Å². The second-order valence-corrected chi connectivity index (χ2v) is 7.83. The Morgan fingerprint density at radius 2 is 2.00 bits per heavy atom. The molecule has 0 aliphatic heterocycles. The van der Waals surface area contributed by atoms with E-state index in [2.05, 4.69) is 22.1 Å². The highest BCUT2D eigenvalue weighted by molar-refractivity contribution is 5.93. The predicted octanol–water partition coefficient (Wildman–Crippen LogP) is 3.88. The summed E-state index contributed by atoms with van der Waals surface area (Å²) in [6, 6.07) is 9.68. The van der Waals surface area contributed by atoms with Crippen LogP contribution in [0.25, 0.3) is 22.2 Å². The fourth-order valence-electron chi connectivity index (χ4n) is 4.14. The van der Waals surface area contributed by atoms with Gasteiger partial charge in [0.05, 0.1) is 5.69 Å². The molecule has 1 aromatic carbocycles. The van der Waals surface area contributed by atoms with Crippen molar-refractivity contribution in [3.05, 3.63) is 47.8 Å². The molecule has 2 heterocycles. The van der Waals surface area contributed by atoms with Crippen LogP contribution in [0.5, 0.6) is 0 Å². The topological polar surface area (TPSA) is 88.2 Å². The van der Waals surface area contributed by atoms with Crippen LogP contribution in [0.1, 0.15) is 48.7 Å². The summed E-state index contributed by atoms with van der Waals surface area (Å²) in [7, 11) is 1.77. The Morgan fingerprint density at radius 3 is 2.73 bits per heavy atom. The van der Waals surface area contributed by atoms with E-state index >= 15 is 0 Å². The molecule has 1 aliphatic carbocycles. The molecule has 1 amide bonds. The van der Waals surface area contributed by atoms with Gasteiger partial charge in [0.1, 0.15) is 6.10 Å². The zero-order valence-electron chi connectivity index (χ0n) is 17.5. The van der Waals surface area contributed by atoms with Crippen LogP contribution >= 0.6 is 0 Å². The Kier molecular flexibility index (Phi) is 5.53. The lowest BCUT2D eigenvalue weighted by atomic mass is 10.0. The lowest BCUT2D eigenvalue weighted by Gasteiger charge is -2.24. The molecule has 1 aliphatic rings. The normalized spacial score (nSPS) is 18.5. The number of benzene rings is 1. The number of H-pyrrole nitrogens is 1. The monoisotopic (exact) mass is 406 g/mol. The van der Waals surface area contributed by atoms with Crippen LogP contribution < -0.4 is 0 Å². The third kappa shape index (κ3) is 3.79. The van der Waals surface area contributed by atoms with Crippen molar-refractivity contribution in [3.63, 3.8) is 0 Å². The van der Waals surface area contributed by atoms with Crippen LogP contribution in [0.15, 0.2) is 36.5 Å². The van der Waals surface area contributed by atoms with Crippen LogP contribution in [0, 0.1) is 6.92 Å². The number of ether oxygens (including phenoxy) is 1. The molecular weight excluding hydrogens is 380 g/mol. The van der Waals surface area contributed by atoms with Crippen LogP contribution in [-0.2, 0) is 9.53 Å². The largest absolute Gasteiger partial charge is 0.462 e. The van der Waals surface area contributed by atoms with Gasteiger partial charge in [0, 0.05) is 48.6 Å². The van der Waals surface area contributed by atoms with E-state index in [4.69, 9.17) is 4.74 Å². The molecule has 2 aromatic heterocycles. The lowest BCUT2D eigenvalue weighted by molar-refractivity contribution is -0.148. The lowest BCUT2D eigenvalue weighted by Crippen LogP contribution is -2.36. The fraction of sp³-hybridized carbons (Fsp3) is 0.391. The molecule has 3 aromatic rings. The molecule has 156 valence electrons. The van der Waals surface area contributed by atoms with Crippen molar-refractivity contribution in [1.82, 2.24) is 20.1 Å².